The fourth-order valence-electron chi connectivity index (χ4n) is 5.01. The molecule has 5 heteroatoms. The summed E-state index contributed by atoms with van der Waals surface area (Å²) in [5, 5.41) is 6.51. The molecule has 0 bridgehead atoms. The molecule has 1 fully saturated rings. The van der Waals surface area contributed by atoms with E-state index in [4.69, 9.17) is 0 Å². The van der Waals surface area contributed by atoms with Crippen LogP contribution in [0.5, 0.6) is 0 Å². The summed E-state index contributed by atoms with van der Waals surface area (Å²) in [5.41, 5.74) is 3.36. The molecule has 0 spiro atoms. The molecule has 33 heavy (non-hydrogen) atoms. The summed E-state index contributed by atoms with van der Waals surface area (Å²) in [6, 6.07) is 19.3. The third-order valence-corrected chi connectivity index (χ3v) is 6.87. The SMILES string of the molecule is CCCNC(=O)c1ccc2c(c1)cc(N1CCC(Cc3ccccc3)CC1)n2N(CC)CC. The number of hydrogen-bond acceptors (Lipinski definition) is 3. The van der Waals surface area contributed by atoms with Crippen molar-refractivity contribution in [1.82, 2.24) is 9.99 Å². The minimum absolute atomic E-state index is 0.0117. The molecule has 1 aliphatic heterocycles. The van der Waals surface area contributed by atoms with Crippen LogP contribution in [0.15, 0.2) is 54.6 Å². The molecule has 0 radical (unpaired) electrons. The van der Waals surface area contributed by atoms with E-state index in [1.54, 1.807) is 0 Å². The van der Waals surface area contributed by atoms with Crippen LogP contribution in [0.25, 0.3) is 10.9 Å². The second-order valence-electron chi connectivity index (χ2n) is 9.10. The number of anilines is 1. The van der Waals surface area contributed by atoms with Crippen LogP contribution in [-0.2, 0) is 6.42 Å². The number of rotatable bonds is 9. The standard InChI is InChI=1S/C28H38N4O/c1-4-16-29-28(33)24-12-13-26-25(20-24)21-27(32(26)31(5-2)6-3)30-17-14-23(15-18-30)19-22-10-8-7-9-11-22/h7-13,20-21,23H,4-6,14-19H2,1-3H3,(H,29,33). The number of piperidine rings is 1. The van der Waals surface area contributed by atoms with Crippen LogP contribution in [-0.4, -0.2) is 43.3 Å². The highest BCUT2D eigenvalue weighted by atomic mass is 16.1. The van der Waals surface area contributed by atoms with E-state index in [2.05, 4.69) is 83.1 Å². The van der Waals surface area contributed by atoms with Crippen molar-refractivity contribution in [3.63, 3.8) is 0 Å². The summed E-state index contributed by atoms with van der Waals surface area (Å²) in [5.74, 6) is 2.00. The highest BCUT2D eigenvalue weighted by Crippen LogP contribution is 2.32. The lowest BCUT2D eigenvalue weighted by Gasteiger charge is -2.36. The Morgan fingerprint density at radius 2 is 1.73 bits per heavy atom. The second kappa shape index (κ2) is 10.8. The average molecular weight is 447 g/mol. The van der Waals surface area contributed by atoms with Crippen molar-refractivity contribution in [1.29, 1.82) is 0 Å². The van der Waals surface area contributed by atoms with Gasteiger partial charge in [-0.1, -0.05) is 37.3 Å². The molecule has 1 saturated heterocycles. The van der Waals surface area contributed by atoms with Gasteiger partial charge in [0, 0.05) is 43.7 Å². The Morgan fingerprint density at radius 3 is 2.39 bits per heavy atom. The summed E-state index contributed by atoms with van der Waals surface area (Å²) >= 11 is 0. The van der Waals surface area contributed by atoms with Gasteiger partial charge in [-0.05, 0) is 75.3 Å². The largest absolute Gasteiger partial charge is 0.357 e. The van der Waals surface area contributed by atoms with Gasteiger partial charge in [0.05, 0.1) is 5.52 Å². The number of benzene rings is 2. The van der Waals surface area contributed by atoms with Crippen molar-refractivity contribution >= 4 is 22.6 Å². The van der Waals surface area contributed by atoms with Crippen LogP contribution in [0.4, 0.5) is 5.82 Å². The van der Waals surface area contributed by atoms with E-state index >= 15 is 0 Å². The molecule has 1 aliphatic rings. The number of amides is 1. The normalized spacial score (nSPS) is 14.6. The lowest BCUT2D eigenvalue weighted by Crippen LogP contribution is -2.40. The van der Waals surface area contributed by atoms with Gasteiger partial charge in [-0.15, -0.1) is 0 Å². The molecule has 1 N–H and O–H groups in total. The van der Waals surface area contributed by atoms with E-state index in [9.17, 15) is 4.79 Å². The lowest BCUT2D eigenvalue weighted by atomic mass is 9.90. The summed E-state index contributed by atoms with van der Waals surface area (Å²) in [6.07, 6.45) is 4.53. The fourth-order valence-corrected chi connectivity index (χ4v) is 5.01. The van der Waals surface area contributed by atoms with E-state index in [1.807, 2.05) is 12.1 Å². The number of carbonyl (C=O) groups excluding carboxylic acids is 1. The topological polar surface area (TPSA) is 40.5 Å². The van der Waals surface area contributed by atoms with E-state index in [-0.39, 0.29) is 5.91 Å². The first-order valence-electron chi connectivity index (χ1n) is 12.6. The van der Waals surface area contributed by atoms with Crippen LogP contribution >= 0.6 is 0 Å². The quantitative estimate of drug-likeness (QED) is 0.490. The van der Waals surface area contributed by atoms with Crippen LogP contribution in [0.1, 0.15) is 56.0 Å². The Labute approximate surface area is 198 Å². The van der Waals surface area contributed by atoms with E-state index < -0.39 is 0 Å². The number of nitrogens with one attached hydrogen (secondary N) is 1. The fraction of sp³-hybridized carbons (Fsp3) is 0.464. The van der Waals surface area contributed by atoms with Crippen LogP contribution in [0.2, 0.25) is 0 Å². The molecule has 176 valence electrons. The summed E-state index contributed by atoms with van der Waals surface area (Å²) in [6.45, 7) is 11.2. The minimum atomic E-state index is 0.0117. The van der Waals surface area contributed by atoms with Gasteiger partial charge in [-0.25, -0.2) is 4.68 Å². The minimum Gasteiger partial charge on any atom is -0.357 e. The maximum Gasteiger partial charge on any atom is 0.251 e. The molecular formula is C28H38N4O. The Kier molecular flexibility index (Phi) is 7.58. The maximum absolute atomic E-state index is 12.5. The van der Waals surface area contributed by atoms with Crippen molar-refractivity contribution in [3.05, 3.63) is 65.7 Å². The lowest BCUT2D eigenvalue weighted by molar-refractivity contribution is 0.0954. The van der Waals surface area contributed by atoms with E-state index in [1.165, 1.54) is 36.2 Å². The maximum atomic E-state index is 12.5. The molecule has 2 aromatic carbocycles. The Hall–Kier alpha value is -2.95. The molecule has 1 aromatic heterocycles. The molecule has 4 rings (SSSR count). The van der Waals surface area contributed by atoms with Gasteiger partial charge in [0.25, 0.3) is 5.91 Å². The van der Waals surface area contributed by atoms with Gasteiger partial charge >= 0.3 is 0 Å². The first-order valence-corrected chi connectivity index (χ1v) is 12.6. The van der Waals surface area contributed by atoms with Crippen molar-refractivity contribution in [3.8, 4) is 0 Å². The zero-order valence-corrected chi connectivity index (χ0v) is 20.4. The summed E-state index contributed by atoms with van der Waals surface area (Å²) < 4.78 is 2.38. The first kappa shape index (κ1) is 23.2. The third kappa shape index (κ3) is 5.18. The molecule has 0 unspecified atom stereocenters. The number of aromatic nitrogens is 1. The number of carbonyl (C=O) groups is 1. The van der Waals surface area contributed by atoms with Crippen molar-refractivity contribution < 1.29 is 4.79 Å². The predicted octanol–water partition coefficient (Wildman–Crippen LogP) is 5.22. The number of hydrogen-bond donors (Lipinski definition) is 1. The molecular weight excluding hydrogens is 408 g/mol. The van der Waals surface area contributed by atoms with Gasteiger partial charge in [-0.2, -0.15) is 0 Å². The van der Waals surface area contributed by atoms with Gasteiger partial charge in [0.2, 0.25) is 0 Å². The van der Waals surface area contributed by atoms with Gasteiger partial charge in [-0.3, -0.25) is 4.79 Å². The highest BCUT2D eigenvalue weighted by Gasteiger charge is 2.24. The zero-order chi connectivity index (χ0) is 23.2. The summed E-state index contributed by atoms with van der Waals surface area (Å²) in [7, 11) is 0. The molecule has 0 aliphatic carbocycles. The molecule has 5 nitrogen and oxygen atoms in total. The molecule has 2 heterocycles. The Balaban J connectivity index is 1.58. The van der Waals surface area contributed by atoms with Crippen LogP contribution < -0.4 is 15.2 Å². The van der Waals surface area contributed by atoms with Gasteiger partial charge in [0.1, 0.15) is 5.82 Å². The van der Waals surface area contributed by atoms with Crippen molar-refractivity contribution in [2.75, 3.05) is 42.6 Å². The van der Waals surface area contributed by atoms with Crippen LogP contribution in [0.3, 0.4) is 0 Å². The van der Waals surface area contributed by atoms with E-state index in [0.29, 0.717) is 6.54 Å². The molecule has 1 amide bonds. The Bertz CT molecular complexity index is 1050. The van der Waals surface area contributed by atoms with Crippen molar-refractivity contribution in [2.45, 2.75) is 46.5 Å². The molecule has 0 saturated carbocycles. The number of nitrogens with zero attached hydrogens (tertiary/aromatic N) is 3. The molecule has 0 atom stereocenters. The highest BCUT2D eigenvalue weighted by molar-refractivity contribution is 5.99. The molecule has 3 aromatic rings. The van der Waals surface area contributed by atoms with Gasteiger partial charge in [0.15, 0.2) is 0 Å². The monoisotopic (exact) mass is 446 g/mol. The predicted molar refractivity (Wildman–Crippen MR) is 139 cm³/mol. The zero-order valence-electron chi connectivity index (χ0n) is 20.4. The second-order valence-corrected chi connectivity index (χ2v) is 9.10. The average Bonchev–Trinajstić information content (AvgIpc) is 3.23. The first-order chi connectivity index (χ1) is 16.1. The smallest absolute Gasteiger partial charge is 0.251 e. The third-order valence-electron chi connectivity index (χ3n) is 6.87. The van der Waals surface area contributed by atoms with Crippen LogP contribution in [0, 0.1) is 5.92 Å². The van der Waals surface area contributed by atoms with Crippen molar-refractivity contribution in [2.24, 2.45) is 5.92 Å². The number of fused-ring (bicyclic) bond motifs is 1. The summed E-state index contributed by atoms with van der Waals surface area (Å²) in [4.78, 5) is 15.1. The van der Waals surface area contributed by atoms with E-state index in [0.717, 1.165) is 49.5 Å². The Morgan fingerprint density at radius 1 is 1.00 bits per heavy atom. The van der Waals surface area contributed by atoms with Gasteiger partial charge < -0.3 is 15.2 Å².